The molecule has 0 atom stereocenters. The summed E-state index contributed by atoms with van der Waals surface area (Å²) < 4.78 is 10.5. The maximum absolute atomic E-state index is 12.8. The van der Waals surface area contributed by atoms with E-state index in [2.05, 4.69) is 12.1 Å². The predicted molar refractivity (Wildman–Crippen MR) is 84.4 cm³/mol. The normalized spacial score (nSPS) is 13.5. The highest BCUT2D eigenvalue weighted by Crippen LogP contribution is 2.25. The Morgan fingerprint density at radius 1 is 1.00 bits per heavy atom. The summed E-state index contributed by atoms with van der Waals surface area (Å²) in [5, 5.41) is 0. The molecule has 2 aromatic rings. The standard InChI is InChI=1S/C18H19NO3/c1-21-16-9-15(10-17(11-16)22-2)18(20)19-8-7-13-5-3-4-6-14(13)12-19/h3-6,9-11H,7-8,12H2,1-2H3. The highest BCUT2D eigenvalue weighted by Gasteiger charge is 2.22. The summed E-state index contributed by atoms with van der Waals surface area (Å²) in [5.74, 6) is 1.26. The minimum absolute atomic E-state index is 0.00621. The molecule has 1 heterocycles. The van der Waals surface area contributed by atoms with Gasteiger partial charge in [-0.1, -0.05) is 24.3 Å². The number of carbonyl (C=O) groups excluding carboxylic acids is 1. The molecule has 2 aromatic carbocycles. The SMILES string of the molecule is COc1cc(OC)cc(C(=O)N2CCc3ccccc3C2)c1. The van der Waals surface area contributed by atoms with Crippen LogP contribution in [0.5, 0.6) is 11.5 Å². The van der Waals surface area contributed by atoms with Crippen molar-refractivity contribution in [3.05, 3.63) is 59.2 Å². The van der Waals surface area contributed by atoms with Gasteiger partial charge in [0.1, 0.15) is 11.5 Å². The Hall–Kier alpha value is -2.49. The first kappa shape index (κ1) is 14.4. The summed E-state index contributed by atoms with van der Waals surface area (Å²) in [6, 6.07) is 13.6. The van der Waals surface area contributed by atoms with Gasteiger partial charge < -0.3 is 14.4 Å². The third kappa shape index (κ3) is 2.77. The number of methoxy groups -OCH3 is 2. The number of fused-ring (bicyclic) bond motifs is 1. The lowest BCUT2D eigenvalue weighted by Gasteiger charge is -2.29. The molecule has 0 saturated heterocycles. The van der Waals surface area contributed by atoms with Crippen LogP contribution in [-0.2, 0) is 13.0 Å². The Morgan fingerprint density at radius 3 is 2.27 bits per heavy atom. The predicted octanol–water partition coefficient (Wildman–Crippen LogP) is 2.90. The first-order chi connectivity index (χ1) is 10.7. The Bertz CT molecular complexity index is 674. The number of rotatable bonds is 3. The quantitative estimate of drug-likeness (QED) is 0.874. The van der Waals surface area contributed by atoms with Gasteiger partial charge in [0.25, 0.3) is 5.91 Å². The molecule has 0 aliphatic carbocycles. The number of benzene rings is 2. The van der Waals surface area contributed by atoms with Crippen LogP contribution in [0, 0.1) is 0 Å². The van der Waals surface area contributed by atoms with Crippen molar-refractivity contribution in [1.29, 1.82) is 0 Å². The van der Waals surface area contributed by atoms with E-state index in [1.165, 1.54) is 11.1 Å². The molecule has 0 spiro atoms. The molecule has 0 radical (unpaired) electrons. The molecule has 0 aromatic heterocycles. The second-order valence-electron chi connectivity index (χ2n) is 5.35. The Labute approximate surface area is 130 Å². The zero-order valence-corrected chi connectivity index (χ0v) is 12.8. The van der Waals surface area contributed by atoms with E-state index in [4.69, 9.17) is 9.47 Å². The molecule has 0 saturated carbocycles. The molecular formula is C18H19NO3. The molecule has 114 valence electrons. The maximum Gasteiger partial charge on any atom is 0.254 e. The van der Waals surface area contributed by atoms with Gasteiger partial charge in [-0.15, -0.1) is 0 Å². The van der Waals surface area contributed by atoms with Crippen LogP contribution in [-0.4, -0.2) is 31.6 Å². The van der Waals surface area contributed by atoms with Crippen LogP contribution in [0.1, 0.15) is 21.5 Å². The molecule has 22 heavy (non-hydrogen) atoms. The molecule has 1 aliphatic heterocycles. The van der Waals surface area contributed by atoms with Crippen LogP contribution < -0.4 is 9.47 Å². The van der Waals surface area contributed by atoms with Crippen molar-refractivity contribution < 1.29 is 14.3 Å². The van der Waals surface area contributed by atoms with Crippen LogP contribution >= 0.6 is 0 Å². The molecule has 3 rings (SSSR count). The number of hydrogen-bond donors (Lipinski definition) is 0. The fourth-order valence-electron chi connectivity index (χ4n) is 2.78. The summed E-state index contributed by atoms with van der Waals surface area (Å²) in [6.45, 7) is 1.38. The van der Waals surface area contributed by atoms with E-state index in [0.29, 0.717) is 23.6 Å². The number of carbonyl (C=O) groups is 1. The summed E-state index contributed by atoms with van der Waals surface area (Å²) in [4.78, 5) is 14.6. The van der Waals surface area contributed by atoms with Crippen molar-refractivity contribution in [3.8, 4) is 11.5 Å². The first-order valence-corrected chi connectivity index (χ1v) is 7.30. The van der Waals surface area contributed by atoms with Gasteiger partial charge in [-0.05, 0) is 29.7 Å². The Balaban J connectivity index is 1.86. The van der Waals surface area contributed by atoms with Gasteiger partial charge in [-0.25, -0.2) is 0 Å². The average molecular weight is 297 g/mol. The zero-order valence-electron chi connectivity index (χ0n) is 12.8. The lowest BCUT2D eigenvalue weighted by molar-refractivity contribution is 0.0734. The van der Waals surface area contributed by atoms with E-state index in [0.717, 1.165) is 13.0 Å². The van der Waals surface area contributed by atoms with Gasteiger partial charge in [0.15, 0.2) is 0 Å². The lowest BCUT2D eigenvalue weighted by atomic mass is 9.99. The van der Waals surface area contributed by atoms with Crippen molar-refractivity contribution in [2.45, 2.75) is 13.0 Å². The monoisotopic (exact) mass is 297 g/mol. The average Bonchev–Trinajstić information content (AvgIpc) is 2.60. The van der Waals surface area contributed by atoms with Crippen molar-refractivity contribution in [3.63, 3.8) is 0 Å². The molecule has 0 N–H and O–H groups in total. The van der Waals surface area contributed by atoms with E-state index < -0.39 is 0 Å². The maximum atomic E-state index is 12.8. The molecule has 0 unspecified atom stereocenters. The third-order valence-electron chi connectivity index (χ3n) is 4.02. The highest BCUT2D eigenvalue weighted by atomic mass is 16.5. The fraction of sp³-hybridized carbons (Fsp3) is 0.278. The van der Waals surface area contributed by atoms with Gasteiger partial charge in [0, 0.05) is 24.7 Å². The zero-order chi connectivity index (χ0) is 15.5. The van der Waals surface area contributed by atoms with Gasteiger partial charge >= 0.3 is 0 Å². The van der Waals surface area contributed by atoms with E-state index in [-0.39, 0.29) is 5.91 Å². The smallest absolute Gasteiger partial charge is 0.254 e. The molecule has 4 nitrogen and oxygen atoms in total. The Morgan fingerprint density at radius 2 is 1.64 bits per heavy atom. The number of nitrogens with zero attached hydrogens (tertiary/aromatic N) is 1. The molecule has 4 heteroatoms. The molecule has 1 aliphatic rings. The molecule has 0 fully saturated rings. The van der Waals surface area contributed by atoms with Crippen LogP contribution in [0.15, 0.2) is 42.5 Å². The van der Waals surface area contributed by atoms with Gasteiger partial charge in [0.2, 0.25) is 0 Å². The summed E-state index contributed by atoms with van der Waals surface area (Å²) in [6.07, 6.45) is 0.892. The van der Waals surface area contributed by atoms with Crippen molar-refractivity contribution in [1.82, 2.24) is 4.90 Å². The summed E-state index contributed by atoms with van der Waals surface area (Å²) in [7, 11) is 3.17. The van der Waals surface area contributed by atoms with E-state index >= 15 is 0 Å². The van der Waals surface area contributed by atoms with Crippen molar-refractivity contribution >= 4 is 5.91 Å². The second kappa shape index (κ2) is 6.10. The van der Waals surface area contributed by atoms with Crippen LogP contribution in [0.4, 0.5) is 0 Å². The number of hydrogen-bond acceptors (Lipinski definition) is 3. The summed E-state index contributed by atoms with van der Waals surface area (Å²) in [5.41, 5.74) is 3.14. The first-order valence-electron chi connectivity index (χ1n) is 7.30. The van der Waals surface area contributed by atoms with Gasteiger partial charge in [0.05, 0.1) is 14.2 Å². The van der Waals surface area contributed by atoms with Crippen LogP contribution in [0.3, 0.4) is 0 Å². The third-order valence-corrected chi connectivity index (χ3v) is 4.02. The lowest BCUT2D eigenvalue weighted by Crippen LogP contribution is -2.35. The fourth-order valence-corrected chi connectivity index (χ4v) is 2.78. The Kier molecular flexibility index (Phi) is 4.00. The largest absolute Gasteiger partial charge is 0.497 e. The molecule has 0 bridgehead atoms. The minimum Gasteiger partial charge on any atom is -0.497 e. The van der Waals surface area contributed by atoms with Crippen LogP contribution in [0.2, 0.25) is 0 Å². The van der Waals surface area contributed by atoms with Crippen LogP contribution in [0.25, 0.3) is 0 Å². The summed E-state index contributed by atoms with van der Waals surface area (Å²) >= 11 is 0. The second-order valence-corrected chi connectivity index (χ2v) is 5.35. The van der Waals surface area contributed by atoms with Crippen molar-refractivity contribution in [2.75, 3.05) is 20.8 Å². The minimum atomic E-state index is 0.00621. The van der Waals surface area contributed by atoms with E-state index in [1.54, 1.807) is 32.4 Å². The topological polar surface area (TPSA) is 38.8 Å². The highest BCUT2D eigenvalue weighted by molar-refractivity contribution is 5.95. The number of amides is 1. The van der Waals surface area contributed by atoms with Gasteiger partial charge in [-0.2, -0.15) is 0 Å². The van der Waals surface area contributed by atoms with Gasteiger partial charge in [-0.3, -0.25) is 4.79 Å². The molecular weight excluding hydrogens is 278 g/mol. The van der Waals surface area contributed by atoms with E-state index in [9.17, 15) is 4.79 Å². The van der Waals surface area contributed by atoms with E-state index in [1.807, 2.05) is 17.0 Å². The molecule has 1 amide bonds. The number of ether oxygens (including phenoxy) is 2. The van der Waals surface area contributed by atoms with Crippen molar-refractivity contribution in [2.24, 2.45) is 0 Å².